The molecular weight excluding hydrogens is 322 g/mol. The summed E-state index contributed by atoms with van der Waals surface area (Å²) in [4.78, 5) is 4.20. The molecule has 0 aliphatic carbocycles. The highest BCUT2D eigenvalue weighted by atomic mass is 79.9. The Bertz CT molecular complexity index is 527. The first-order valence-corrected chi connectivity index (χ1v) is 7.18. The van der Waals surface area contributed by atoms with Gasteiger partial charge in [0.1, 0.15) is 24.3 Å². The summed E-state index contributed by atoms with van der Waals surface area (Å²) in [6, 6.07) is 7.53. The first-order chi connectivity index (χ1) is 9.65. The van der Waals surface area contributed by atoms with Crippen LogP contribution in [0.2, 0.25) is 0 Å². The van der Waals surface area contributed by atoms with E-state index in [1.165, 1.54) is 0 Å². The molecule has 0 fully saturated rings. The highest BCUT2D eigenvalue weighted by Crippen LogP contribution is 2.16. The van der Waals surface area contributed by atoms with Gasteiger partial charge in [0.25, 0.3) is 0 Å². The molecule has 0 saturated heterocycles. The number of aliphatic hydroxyl groups is 1. The number of aliphatic hydroxyl groups excluding tert-OH is 1. The summed E-state index contributed by atoms with van der Waals surface area (Å²) >= 11 is 3.36. The standard InChI is InChI=1S/C14H18BrN3O2/c1-18-7-6-17-14(18)9-16-8-12(19)10-20-13-4-2-11(15)3-5-13/h2-7,12,16,19H,8-10H2,1H3. The molecule has 0 aliphatic heterocycles. The predicted molar refractivity (Wildman–Crippen MR) is 80.6 cm³/mol. The molecule has 0 aliphatic rings. The van der Waals surface area contributed by atoms with Crippen LogP contribution < -0.4 is 10.1 Å². The van der Waals surface area contributed by atoms with Gasteiger partial charge in [0.15, 0.2) is 0 Å². The number of ether oxygens (including phenoxy) is 1. The first kappa shape index (κ1) is 15.0. The van der Waals surface area contributed by atoms with E-state index in [2.05, 4.69) is 26.2 Å². The quantitative estimate of drug-likeness (QED) is 0.806. The van der Waals surface area contributed by atoms with Crippen LogP contribution in [0.5, 0.6) is 5.75 Å². The molecule has 1 aromatic heterocycles. The SMILES string of the molecule is Cn1ccnc1CNCC(O)COc1ccc(Br)cc1. The molecule has 2 rings (SSSR count). The van der Waals surface area contributed by atoms with E-state index in [1.807, 2.05) is 42.1 Å². The zero-order valence-corrected chi connectivity index (χ0v) is 12.9. The molecule has 1 aromatic carbocycles. The van der Waals surface area contributed by atoms with E-state index in [-0.39, 0.29) is 6.61 Å². The van der Waals surface area contributed by atoms with Crippen molar-refractivity contribution < 1.29 is 9.84 Å². The van der Waals surface area contributed by atoms with E-state index in [4.69, 9.17) is 4.74 Å². The van der Waals surface area contributed by atoms with Gasteiger partial charge in [-0.15, -0.1) is 0 Å². The lowest BCUT2D eigenvalue weighted by molar-refractivity contribution is 0.106. The maximum absolute atomic E-state index is 9.84. The van der Waals surface area contributed by atoms with Crippen molar-refractivity contribution in [2.75, 3.05) is 13.2 Å². The Hall–Kier alpha value is -1.37. The van der Waals surface area contributed by atoms with Crippen molar-refractivity contribution in [3.63, 3.8) is 0 Å². The zero-order valence-electron chi connectivity index (χ0n) is 11.3. The van der Waals surface area contributed by atoms with Crippen LogP contribution >= 0.6 is 15.9 Å². The second-order valence-electron chi connectivity index (χ2n) is 4.50. The van der Waals surface area contributed by atoms with Gasteiger partial charge in [-0.3, -0.25) is 0 Å². The lowest BCUT2D eigenvalue weighted by Gasteiger charge is -2.13. The topological polar surface area (TPSA) is 59.3 Å². The van der Waals surface area contributed by atoms with Crippen LogP contribution in [0.1, 0.15) is 5.82 Å². The van der Waals surface area contributed by atoms with Gasteiger partial charge in [-0.25, -0.2) is 4.98 Å². The number of rotatable bonds is 7. The molecule has 0 saturated carbocycles. The normalized spacial score (nSPS) is 12.3. The molecule has 1 unspecified atom stereocenters. The Morgan fingerprint density at radius 3 is 2.80 bits per heavy atom. The average molecular weight is 340 g/mol. The number of nitrogens with zero attached hydrogens (tertiary/aromatic N) is 2. The second kappa shape index (κ2) is 7.42. The monoisotopic (exact) mass is 339 g/mol. The summed E-state index contributed by atoms with van der Waals surface area (Å²) in [6.07, 6.45) is 3.09. The number of aromatic nitrogens is 2. The van der Waals surface area contributed by atoms with Gasteiger partial charge in [0.05, 0.1) is 6.54 Å². The lowest BCUT2D eigenvalue weighted by atomic mass is 10.3. The molecule has 0 spiro atoms. The van der Waals surface area contributed by atoms with Crippen molar-refractivity contribution in [3.05, 3.63) is 47.0 Å². The highest BCUT2D eigenvalue weighted by Gasteiger charge is 2.06. The molecule has 0 bridgehead atoms. The maximum atomic E-state index is 9.84. The minimum Gasteiger partial charge on any atom is -0.491 e. The van der Waals surface area contributed by atoms with Crippen LogP contribution in [0.15, 0.2) is 41.1 Å². The van der Waals surface area contributed by atoms with Crippen LogP contribution in [0.25, 0.3) is 0 Å². The fraction of sp³-hybridized carbons (Fsp3) is 0.357. The number of aryl methyl sites for hydroxylation is 1. The van der Waals surface area contributed by atoms with Crippen molar-refractivity contribution in [1.82, 2.24) is 14.9 Å². The molecule has 20 heavy (non-hydrogen) atoms. The summed E-state index contributed by atoms with van der Waals surface area (Å²) < 4.78 is 8.45. The molecule has 0 amide bonds. The summed E-state index contributed by atoms with van der Waals surface area (Å²) in [6.45, 7) is 1.34. The number of imidazole rings is 1. The fourth-order valence-electron chi connectivity index (χ4n) is 1.70. The number of hydrogen-bond donors (Lipinski definition) is 2. The van der Waals surface area contributed by atoms with E-state index in [1.54, 1.807) is 6.20 Å². The van der Waals surface area contributed by atoms with Gasteiger partial charge in [-0.1, -0.05) is 15.9 Å². The van der Waals surface area contributed by atoms with Gasteiger partial charge in [0, 0.05) is 30.5 Å². The van der Waals surface area contributed by atoms with E-state index in [0.29, 0.717) is 13.1 Å². The number of nitrogens with one attached hydrogen (secondary N) is 1. The molecule has 1 heterocycles. The Kier molecular flexibility index (Phi) is 5.58. The van der Waals surface area contributed by atoms with Crippen LogP contribution in [0.4, 0.5) is 0 Å². The Balaban J connectivity index is 1.66. The van der Waals surface area contributed by atoms with Crippen LogP contribution in [-0.4, -0.2) is 33.9 Å². The molecular formula is C14H18BrN3O2. The average Bonchev–Trinajstić information content (AvgIpc) is 2.84. The minimum absolute atomic E-state index is 0.259. The third-order valence-corrected chi connectivity index (χ3v) is 3.37. The van der Waals surface area contributed by atoms with Gasteiger partial charge >= 0.3 is 0 Å². The minimum atomic E-state index is -0.557. The molecule has 5 nitrogen and oxygen atoms in total. The molecule has 2 N–H and O–H groups in total. The molecule has 0 radical (unpaired) electrons. The Morgan fingerprint density at radius 2 is 2.15 bits per heavy atom. The van der Waals surface area contributed by atoms with Gasteiger partial charge in [-0.05, 0) is 24.3 Å². The molecule has 2 aromatic rings. The molecule has 6 heteroatoms. The molecule has 1 atom stereocenters. The van der Waals surface area contributed by atoms with E-state index in [0.717, 1.165) is 16.0 Å². The van der Waals surface area contributed by atoms with E-state index in [9.17, 15) is 5.11 Å². The van der Waals surface area contributed by atoms with Crippen LogP contribution in [0, 0.1) is 0 Å². The predicted octanol–water partition coefficient (Wildman–Crippen LogP) is 1.71. The van der Waals surface area contributed by atoms with Crippen molar-refractivity contribution in [3.8, 4) is 5.75 Å². The van der Waals surface area contributed by atoms with Crippen molar-refractivity contribution in [2.24, 2.45) is 7.05 Å². The molecule has 108 valence electrons. The Labute approximate surface area is 126 Å². The number of hydrogen-bond acceptors (Lipinski definition) is 4. The second-order valence-corrected chi connectivity index (χ2v) is 5.42. The fourth-order valence-corrected chi connectivity index (χ4v) is 1.96. The van der Waals surface area contributed by atoms with Gasteiger partial charge < -0.3 is 19.7 Å². The Morgan fingerprint density at radius 1 is 1.40 bits per heavy atom. The summed E-state index contributed by atoms with van der Waals surface area (Å²) in [5.74, 6) is 1.68. The third kappa shape index (κ3) is 4.63. The van der Waals surface area contributed by atoms with Crippen molar-refractivity contribution in [2.45, 2.75) is 12.6 Å². The van der Waals surface area contributed by atoms with Crippen LogP contribution in [-0.2, 0) is 13.6 Å². The van der Waals surface area contributed by atoms with Crippen LogP contribution in [0.3, 0.4) is 0 Å². The zero-order chi connectivity index (χ0) is 14.4. The summed E-state index contributed by atoms with van der Waals surface area (Å²) in [5, 5.41) is 13.0. The number of halogens is 1. The van der Waals surface area contributed by atoms with Crippen molar-refractivity contribution in [1.29, 1.82) is 0 Å². The first-order valence-electron chi connectivity index (χ1n) is 6.38. The third-order valence-electron chi connectivity index (χ3n) is 2.84. The van der Waals surface area contributed by atoms with Crippen molar-refractivity contribution >= 4 is 15.9 Å². The summed E-state index contributed by atoms with van der Waals surface area (Å²) in [7, 11) is 1.94. The largest absolute Gasteiger partial charge is 0.491 e. The smallest absolute Gasteiger partial charge is 0.122 e. The maximum Gasteiger partial charge on any atom is 0.122 e. The number of benzene rings is 1. The van der Waals surface area contributed by atoms with E-state index < -0.39 is 6.10 Å². The lowest BCUT2D eigenvalue weighted by Crippen LogP contribution is -2.31. The van der Waals surface area contributed by atoms with Gasteiger partial charge in [-0.2, -0.15) is 0 Å². The summed E-state index contributed by atoms with van der Waals surface area (Å²) in [5.41, 5.74) is 0. The van der Waals surface area contributed by atoms with Gasteiger partial charge in [0.2, 0.25) is 0 Å². The van der Waals surface area contributed by atoms with E-state index >= 15 is 0 Å². The highest BCUT2D eigenvalue weighted by molar-refractivity contribution is 9.10.